The van der Waals surface area contributed by atoms with Gasteiger partial charge in [-0.25, -0.2) is 0 Å². The van der Waals surface area contributed by atoms with Crippen molar-refractivity contribution in [3.05, 3.63) is 35.9 Å². The van der Waals surface area contributed by atoms with Crippen LogP contribution in [0.3, 0.4) is 0 Å². The summed E-state index contributed by atoms with van der Waals surface area (Å²) in [5, 5.41) is 12.1. The Morgan fingerprint density at radius 2 is 2.06 bits per heavy atom. The van der Waals surface area contributed by atoms with E-state index in [0.29, 0.717) is 6.42 Å². The number of terminal acetylenes is 1. The molecule has 0 aliphatic rings. The van der Waals surface area contributed by atoms with Crippen molar-refractivity contribution in [1.82, 2.24) is 5.32 Å². The molecular weight excluding hydrogens is 196 g/mol. The maximum Gasteiger partial charge on any atom is 0.0641 e. The molecule has 0 saturated heterocycles. The quantitative estimate of drug-likeness (QED) is 0.581. The highest BCUT2D eigenvalue weighted by molar-refractivity contribution is 5.19. The maximum absolute atomic E-state index is 8.78. The van der Waals surface area contributed by atoms with Gasteiger partial charge in [0.25, 0.3) is 0 Å². The molecule has 1 aromatic rings. The summed E-state index contributed by atoms with van der Waals surface area (Å²) in [5.74, 6) is 2.61. The zero-order chi connectivity index (χ0) is 11.6. The molecule has 0 aromatic heterocycles. The number of nitrogens with one attached hydrogen (secondary N) is 1. The topological polar surface area (TPSA) is 35.8 Å². The first-order valence-corrected chi connectivity index (χ1v) is 5.47. The second kappa shape index (κ2) is 7.51. The minimum absolute atomic E-state index is 0.115. The fraction of sp³-hybridized carbons (Fsp3) is 0.357. The lowest BCUT2D eigenvalue weighted by Gasteiger charge is -2.15. The molecular formula is C14H16N2. The molecule has 1 atom stereocenters. The Labute approximate surface area is 97.3 Å². The predicted octanol–water partition coefficient (Wildman–Crippen LogP) is 2.64. The summed E-state index contributed by atoms with van der Waals surface area (Å²) in [6, 6.07) is 12.4. The van der Waals surface area contributed by atoms with Crippen molar-refractivity contribution in [3.63, 3.8) is 0 Å². The summed E-state index contributed by atoms with van der Waals surface area (Å²) < 4.78 is 0. The van der Waals surface area contributed by atoms with E-state index in [2.05, 4.69) is 17.3 Å². The molecule has 16 heavy (non-hydrogen) atoms. The molecule has 1 N–H and O–H groups in total. The Morgan fingerprint density at radius 3 is 2.69 bits per heavy atom. The van der Waals surface area contributed by atoms with Crippen molar-refractivity contribution < 1.29 is 0 Å². The van der Waals surface area contributed by atoms with Gasteiger partial charge in [-0.05, 0) is 18.5 Å². The lowest BCUT2D eigenvalue weighted by Crippen LogP contribution is -2.22. The van der Waals surface area contributed by atoms with E-state index < -0.39 is 0 Å². The van der Waals surface area contributed by atoms with Crippen LogP contribution in [0.15, 0.2) is 30.3 Å². The Balaban J connectivity index is 2.49. The smallest absolute Gasteiger partial charge is 0.0641 e. The molecule has 0 aliphatic heterocycles. The highest BCUT2D eigenvalue weighted by atomic mass is 14.9. The largest absolute Gasteiger partial charge is 0.309 e. The zero-order valence-corrected chi connectivity index (χ0v) is 9.32. The van der Waals surface area contributed by atoms with E-state index >= 15 is 0 Å². The van der Waals surface area contributed by atoms with Crippen molar-refractivity contribution in [1.29, 1.82) is 5.26 Å². The van der Waals surface area contributed by atoms with E-state index in [1.165, 1.54) is 0 Å². The molecule has 2 heteroatoms. The van der Waals surface area contributed by atoms with Gasteiger partial charge in [-0.2, -0.15) is 5.26 Å². The Bertz CT molecular complexity index is 370. The van der Waals surface area contributed by atoms with Crippen LogP contribution in [0.25, 0.3) is 0 Å². The minimum atomic E-state index is 0.115. The molecule has 1 rings (SSSR count). The van der Waals surface area contributed by atoms with Gasteiger partial charge in [-0.15, -0.1) is 12.3 Å². The molecule has 0 fully saturated rings. The molecule has 2 nitrogen and oxygen atoms in total. The Kier molecular flexibility index (Phi) is 5.78. The Morgan fingerprint density at radius 1 is 1.31 bits per heavy atom. The first-order chi connectivity index (χ1) is 7.88. The van der Waals surface area contributed by atoms with Crippen molar-refractivity contribution in [3.8, 4) is 18.4 Å². The van der Waals surface area contributed by atoms with Gasteiger partial charge in [-0.3, -0.25) is 0 Å². The van der Waals surface area contributed by atoms with Crippen LogP contribution in [0.5, 0.6) is 0 Å². The fourth-order valence-electron chi connectivity index (χ4n) is 1.55. The molecule has 1 aromatic carbocycles. The summed E-state index contributed by atoms with van der Waals surface area (Å²) in [7, 11) is 0. The second-order valence-corrected chi connectivity index (χ2v) is 3.59. The van der Waals surface area contributed by atoms with E-state index in [1.54, 1.807) is 0 Å². The number of hydrogen-bond acceptors (Lipinski definition) is 2. The SMILES string of the molecule is C#CCCCNC(CC#N)c1ccccc1. The van der Waals surface area contributed by atoms with Crippen LogP contribution in [-0.2, 0) is 0 Å². The summed E-state index contributed by atoms with van der Waals surface area (Å²) in [6.45, 7) is 0.853. The van der Waals surface area contributed by atoms with Gasteiger partial charge >= 0.3 is 0 Å². The van der Waals surface area contributed by atoms with Crippen LogP contribution in [0.4, 0.5) is 0 Å². The van der Waals surface area contributed by atoms with Gasteiger partial charge in [0, 0.05) is 12.5 Å². The minimum Gasteiger partial charge on any atom is -0.309 e. The first kappa shape index (κ1) is 12.3. The average molecular weight is 212 g/mol. The van der Waals surface area contributed by atoms with Crippen LogP contribution in [0, 0.1) is 23.7 Å². The van der Waals surface area contributed by atoms with Crippen molar-refractivity contribution in [2.75, 3.05) is 6.54 Å². The van der Waals surface area contributed by atoms with Gasteiger partial charge in [0.05, 0.1) is 12.5 Å². The van der Waals surface area contributed by atoms with E-state index in [9.17, 15) is 0 Å². The molecule has 1 unspecified atom stereocenters. The summed E-state index contributed by atoms with van der Waals surface area (Å²) in [5.41, 5.74) is 1.16. The molecule has 82 valence electrons. The van der Waals surface area contributed by atoms with Crippen LogP contribution in [-0.4, -0.2) is 6.54 Å². The first-order valence-electron chi connectivity index (χ1n) is 5.47. The van der Waals surface area contributed by atoms with E-state index in [-0.39, 0.29) is 6.04 Å². The van der Waals surface area contributed by atoms with Crippen LogP contribution < -0.4 is 5.32 Å². The highest BCUT2D eigenvalue weighted by Gasteiger charge is 2.08. The number of nitriles is 1. The number of hydrogen-bond donors (Lipinski definition) is 1. The van der Waals surface area contributed by atoms with Gasteiger partial charge in [0.2, 0.25) is 0 Å². The molecule has 0 amide bonds. The van der Waals surface area contributed by atoms with Crippen LogP contribution >= 0.6 is 0 Å². The number of unbranched alkanes of at least 4 members (excludes halogenated alkanes) is 1. The zero-order valence-electron chi connectivity index (χ0n) is 9.32. The van der Waals surface area contributed by atoms with Gasteiger partial charge in [0.1, 0.15) is 0 Å². The summed E-state index contributed by atoms with van der Waals surface area (Å²) in [6.07, 6.45) is 7.40. The van der Waals surface area contributed by atoms with E-state index in [4.69, 9.17) is 11.7 Å². The third-order valence-electron chi connectivity index (χ3n) is 2.39. The summed E-state index contributed by atoms with van der Waals surface area (Å²) in [4.78, 5) is 0. The number of rotatable bonds is 6. The van der Waals surface area contributed by atoms with Crippen molar-refractivity contribution >= 4 is 0 Å². The molecule has 0 aliphatic carbocycles. The van der Waals surface area contributed by atoms with Crippen LogP contribution in [0.2, 0.25) is 0 Å². The number of benzene rings is 1. The lowest BCUT2D eigenvalue weighted by molar-refractivity contribution is 0.534. The van der Waals surface area contributed by atoms with Gasteiger partial charge < -0.3 is 5.32 Å². The molecule has 0 bridgehead atoms. The second-order valence-electron chi connectivity index (χ2n) is 3.59. The molecule has 0 heterocycles. The van der Waals surface area contributed by atoms with Crippen LogP contribution in [0.1, 0.15) is 30.9 Å². The fourth-order valence-corrected chi connectivity index (χ4v) is 1.55. The Hall–Kier alpha value is -1.77. The van der Waals surface area contributed by atoms with E-state index in [0.717, 1.165) is 24.9 Å². The summed E-state index contributed by atoms with van der Waals surface area (Å²) >= 11 is 0. The van der Waals surface area contributed by atoms with Gasteiger partial charge in [-0.1, -0.05) is 30.3 Å². The standard InChI is InChI=1S/C14H16N2/c1-2-3-7-12-16-14(10-11-15)13-8-5-4-6-9-13/h1,4-6,8-9,14,16H,3,7,10,12H2. The van der Waals surface area contributed by atoms with Crippen molar-refractivity contribution in [2.45, 2.75) is 25.3 Å². The normalized spacial score (nSPS) is 11.4. The average Bonchev–Trinajstić information content (AvgIpc) is 2.34. The third kappa shape index (κ3) is 4.17. The number of nitrogens with zero attached hydrogens (tertiary/aromatic N) is 1. The molecule has 0 spiro atoms. The predicted molar refractivity (Wildman–Crippen MR) is 65.5 cm³/mol. The maximum atomic E-state index is 8.78. The molecule has 0 saturated carbocycles. The third-order valence-corrected chi connectivity index (χ3v) is 2.39. The van der Waals surface area contributed by atoms with Crippen molar-refractivity contribution in [2.24, 2.45) is 0 Å². The monoisotopic (exact) mass is 212 g/mol. The molecule has 0 radical (unpaired) electrons. The van der Waals surface area contributed by atoms with E-state index in [1.807, 2.05) is 30.3 Å². The van der Waals surface area contributed by atoms with Gasteiger partial charge in [0.15, 0.2) is 0 Å². The lowest BCUT2D eigenvalue weighted by atomic mass is 10.0. The highest BCUT2D eigenvalue weighted by Crippen LogP contribution is 2.15.